The van der Waals surface area contributed by atoms with Crippen LogP contribution in [0.4, 0.5) is 5.69 Å². The smallest absolute Gasteiger partial charge is 0.251 e. The number of rotatable bonds is 4. The van der Waals surface area contributed by atoms with Crippen molar-refractivity contribution in [2.24, 2.45) is 0 Å². The second-order valence-electron chi connectivity index (χ2n) is 7.76. The number of benzene rings is 1. The van der Waals surface area contributed by atoms with E-state index < -0.39 is 0 Å². The monoisotopic (exact) mass is 400 g/mol. The Kier molecular flexibility index (Phi) is 4.85. The lowest BCUT2D eigenvalue weighted by Gasteiger charge is -2.28. The van der Waals surface area contributed by atoms with Gasteiger partial charge in [-0.05, 0) is 30.2 Å². The SMILES string of the molecule is Cc1ccc(Cn2ccc(-c3c[nH]c4ncc(N5CCOCC5)cc34)cc2=O)cc1. The zero-order chi connectivity index (χ0) is 20.5. The van der Waals surface area contributed by atoms with Gasteiger partial charge in [-0.3, -0.25) is 4.79 Å². The number of anilines is 1. The highest BCUT2D eigenvalue weighted by molar-refractivity contribution is 5.95. The number of nitrogens with zero attached hydrogens (tertiary/aromatic N) is 3. The maximum absolute atomic E-state index is 12.8. The van der Waals surface area contributed by atoms with Crippen LogP contribution in [0.2, 0.25) is 0 Å². The molecule has 0 amide bonds. The first-order valence-electron chi connectivity index (χ1n) is 10.2. The summed E-state index contributed by atoms with van der Waals surface area (Å²) in [4.78, 5) is 22.9. The van der Waals surface area contributed by atoms with Gasteiger partial charge in [0.2, 0.25) is 0 Å². The zero-order valence-electron chi connectivity index (χ0n) is 17.0. The third-order valence-corrected chi connectivity index (χ3v) is 5.67. The molecule has 0 spiro atoms. The lowest BCUT2D eigenvalue weighted by atomic mass is 10.1. The molecule has 1 aliphatic rings. The van der Waals surface area contributed by atoms with Gasteiger partial charge in [0, 0.05) is 42.5 Å². The number of nitrogens with one attached hydrogen (secondary N) is 1. The molecular formula is C24H24N4O2. The fraction of sp³-hybridized carbons (Fsp3) is 0.250. The van der Waals surface area contributed by atoms with E-state index in [1.165, 1.54) is 5.56 Å². The van der Waals surface area contributed by atoms with Crippen LogP contribution in [0.3, 0.4) is 0 Å². The highest BCUT2D eigenvalue weighted by Crippen LogP contribution is 2.30. The minimum Gasteiger partial charge on any atom is -0.378 e. The number of pyridine rings is 2. The van der Waals surface area contributed by atoms with Gasteiger partial charge in [-0.25, -0.2) is 4.98 Å². The molecule has 6 nitrogen and oxygen atoms in total. The number of aryl methyl sites for hydroxylation is 1. The predicted octanol–water partition coefficient (Wildman–Crippen LogP) is 3.58. The summed E-state index contributed by atoms with van der Waals surface area (Å²) in [5.41, 5.74) is 6.11. The first-order chi connectivity index (χ1) is 14.7. The van der Waals surface area contributed by atoms with Crippen molar-refractivity contribution < 1.29 is 4.74 Å². The molecule has 152 valence electrons. The minimum absolute atomic E-state index is 0.0141. The van der Waals surface area contributed by atoms with Crippen LogP contribution in [-0.4, -0.2) is 40.8 Å². The first-order valence-corrected chi connectivity index (χ1v) is 10.2. The number of hydrogen-bond acceptors (Lipinski definition) is 4. The number of aromatic amines is 1. The number of ether oxygens (including phenoxy) is 1. The van der Waals surface area contributed by atoms with Gasteiger partial charge >= 0.3 is 0 Å². The van der Waals surface area contributed by atoms with Crippen LogP contribution in [0.15, 0.2) is 65.8 Å². The Morgan fingerprint density at radius 2 is 1.90 bits per heavy atom. The number of fused-ring (bicyclic) bond motifs is 1. The summed E-state index contributed by atoms with van der Waals surface area (Å²) in [7, 11) is 0. The third kappa shape index (κ3) is 3.62. The van der Waals surface area contributed by atoms with Crippen molar-refractivity contribution in [3.8, 4) is 11.1 Å². The van der Waals surface area contributed by atoms with Crippen LogP contribution >= 0.6 is 0 Å². The molecule has 0 atom stereocenters. The normalized spacial score (nSPS) is 14.4. The zero-order valence-corrected chi connectivity index (χ0v) is 17.0. The van der Waals surface area contributed by atoms with E-state index in [2.05, 4.69) is 52.1 Å². The van der Waals surface area contributed by atoms with Gasteiger partial charge in [-0.15, -0.1) is 0 Å². The van der Waals surface area contributed by atoms with Gasteiger partial charge in [0.15, 0.2) is 0 Å². The van der Waals surface area contributed by atoms with Gasteiger partial charge in [0.05, 0.1) is 31.6 Å². The number of aromatic nitrogens is 3. The second-order valence-corrected chi connectivity index (χ2v) is 7.76. The lowest BCUT2D eigenvalue weighted by molar-refractivity contribution is 0.122. The highest BCUT2D eigenvalue weighted by atomic mass is 16.5. The van der Waals surface area contributed by atoms with Gasteiger partial charge < -0.3 is 19.2 Å². The van der Waals surface area contributed by atoms with Crippen molar-refractivity contribution in [2.45, 2.75) is 13.5 Å². The quantitative estimate of drug-likeness (QED) is 0.569. The van der Waals surface area contributed by atoms with Gasteiger partial charge in [0.1, 0.15) is 5.65 Å². The predicted molar refractivity (Wildman–Crippen MR) is 119 cm³/mol. The van der Waals surface area contributed by atoms with Crippen molar-refractivity contribution >= 4 is 16.7 Å². The Morgan fingerprint density at radius 3 is 2.67 bits per heavy atom. The molecule has 1 fully saturated rings. The van der Waals surface area contributed by atoms with Crippen LogP contribution in [0.1, 0.15) is 11.1 Å². The summed E-state index contributed by atoms with van der Waals surface area (Å²) in [6.07, 6.45) is 5.70. The molecule has 0 unspecified atom stereocenters. The fourth-order valence-corrected chi connectivity index (χ4v) is 3.92. The molecule has 0 saturated carbocycles. The first kappa shape index (κ1) is 18.6. The molecule has 0 aliphatic carbocycles. The van der Waals surface area contributed by atoms with E-state index in [9.17, 15) is 4.79 Å². The Hall–Kier alpha value is -3.38. The van der Waals surface area contributed by atoms with Gasteiger partial charge in [-0.2, -0.15) is 0 Å². The van der Waals surface area contributed by atoms with E-state index in [-0.39, 0.29) is 5.56 Å². The Bertz CT molecular complexity index is 1230. The van der Waals surface area contributed by atoms with Crippen LogP contribution in [0.25, 0.3) is 22.2 Å². The average Bonchev–Trinajstić information content (AvgIpc) is 3.20. The molecule has 1 saturated heterocycles. The summed E-state index contributed by atoms with van der Waals surface area (Å²) in [6, 6.07) is 14.1. The van der Waals surface area contributed by atoms with E-state index in [0.717, 1.165) is 59.7 Å². The summed E-state index contributed by atoms with van der Waals surface area (Å²) >= 11 is 0. The average molecular weight is 400 g/mol. The van der Waals surface area contributed by atoms with Crippen LogP contribution < -0.4 is 10.5 Å². The molecule has 0 bridgehead atoms. The molecule has 4 heterocycles. The topological polar surface area (TPSA) is 63.1 Å². The Labute approximate surface area is 174 Å². The van der Waals surface area contributed by atoms with Crippen molar-refractivity contribution in [1.29, 1.82) is 0 Å². The molecule has 5 rings (SSSR count). The van der Waals surface area contributed by atoms with E-state index in [1.54, 1.807) is 10.6 Å². The number of H-pyrrole nitrogens is 1. The van der Waals surface area contributed by atoms with Crippen LogP contribution in [0, 0.1) is 6.92 Å². The van der Waals surface area contributed by atoms with E-state index in [0.29, 0.717) is 6.54 Å². The number of hydrogen-bond donors (Lipinski definition) is 1. The molecule has 6 heteroatoms. The molecule has 1 aliphatic heterocycles. The molecular weight excluding hydrogens is 376 g/mol. The third-order valence-electron chi connectivity index (χ3n) is 5.67. The number of morpholine rings is 1. The highest BCUT2D eigenvalue weighted by Gasteiger charge is 2.15. The largest absolute Gasteiger partial charge is 0.378 e. The summed E-state index contributed by atoms with van der Waals surface area (Å²) in [5, 5.41) is 1.02. The van der Waals surface area contributed by atoms with Crippen LogP contribution in [0.5, 0.6) is 0 Å². The van der Waals surface area contributed by atoms with Crippen molar-refractivity contribution in [3.63, 3.8) is 0 Å². The van der Waals surface area contributed by atoms with Gasteiger partial charge in [-0.1, -0.05) is 29.8 Å². The second kappa shape index (κ2) is 7.80. The lowest BCUT2D eigenvalue weighted by Crippen LogP contribution is -2.36. The molecule has 30 heavy (non-hydrogen) atoms. The van der Waals surface area contributed by atoms with Crippen molar-refractivity contribution in [1.82, 2.24) is 14.5 Å². The molecule has 3 aromatic heterocycles. The van der Waals surface area contributed by atoms with E-state index in [1.807, 2.05) is 24.7 Å². The standard InChI is InChI=1S/C24H24N4O2/c1-17-2-4-18(5-3-17)16-28-7-6-19(12-23(28)29)22-15-26-24-21(22)13-20(14-25-24)27-8-10-30-11-9-27/h2-7,12-15H,8-11,16H2,1H3,(H,25,26). The Morgan fingerprint density at radius 1 is 1.10 bits per heavy atom. The maximum atomic E-state index is 12.8. The summed E-state index contributed by atoms with van der Waals surface area (Å²) in [5.74, 6) is 0. The fourth-order valence-electron chi connectivity index (χ4n) is 3.92. The summed E-state index contributed by atoms with van der Waals surface area (Å²) < 4.78 is 7.19. The van der Waals surface area contributed by atoms with Crippen LogP contribution in [-0.2, 0) is 11.3 Å². The van der Waals surface area contributed by atoms with E-state index in [4.69, 9.17) is 4.74 Å². The van der Waals surface area contributed by atoms with Crippen molar-refractivity contribution in [2.75, 3.05) is 31.2 Å². The summed E-state index contributed by atoms with van der Waals surface area (Å²) in [6.45, 7) is 5.82. The van der Waals surface area contributed by atoms with E-state index >= 15 is 0 Å². The molecule has 0 radical (unpaired) electrons. The maximum Gasteiger partial charge on any atom is 0.251 e. The molecule has 4 aromatic rings. The molecule has 1 aromatic carbocycles. The van der Waals surface area contributed by atoms with Crippen molar-refractivity contribution in [3.05, 3.63) is 82.5 Å². The minimum atomic E-state index is -0.0141. The molecule has 1 N–H and O–H groups in total. The van der Waals surface area contributed by atoms with Gasteiger partial charge in [0.25, 0.3) is 5.56 Å². The Balaban J connectivity index is 1.46.